The number of aromatic amines is 1. The first-order valence-electron chi connectivity index (χ1n) is 7.44. The normalized spacial score (nSPS) is 15.6. The van der Waals surface area contributed by atoms with Gasteiger partial charge in [0, 0.05) is 34.7 Å². The second-order valence-corrected chi connectivity index (χ2v) is 6.57. The summed E-state index contributed by atoms with van der Waals surface area (Å²) >= 11 is 3.39. The number of nitrogens with one attached hydrogen (secondary N) is 1. The number of rotatable bonds is 3. The molecule has 0 atom stereocenters. The molecular weight excluding hydrogens is 360 g/mol. The van der Waals surface area contributed by atoms with Crippen molar-refractivity contribution in [3.05, 3.63) is 51.8 Å². The van der Waals surface area contributed by atoms with Gasteiger partial charge in [0.1, 0.15) is 5.69 Å². The highest BCUT2D eigenvalue weighted by Crippen LogP contribution is 2.28. The summed E-state index contributed by atoms with van der Waals surface area (Å²) in [4.78, 5) is 25.5. The molecule has 7 heteroatoms. The predicted molar refractivity (Wildman–Crippen MR) is 89.1 cm³/mol. The number of carbonyl (C=O) groups is 2. The summed E-state index contributed by atoms with van der Waals surface area (Å²) < 4.78 is 0.898. The Morgan fingerprint density at radius 2 is 2.00 bits per heavy atom. The van der Waals surface area contributed by atoms with Crippen molar-refractivity contribution in [3.8, 4) is 0 Å². The Hall–Kier alpha value is -2.15. The summed E-state index contributed by atoms with van der Waals surface area (Å²) in [5.74, 6) is -0.218. The Labute approximate surface area is 142 Å². The molecule has 120 valence electrons. The quantitative estimate of drug-likeness (QED) is 0.860. The number of nitrogens with two attached hydrogens (primary N) is 1. The molecule has 23 heavy (non-hydrogen) atoms. The fourth-order valence-electron chi connectivity index (χ4n) is 2.87. The predicted octanol–water partition coefficient (Wildman–Crippen LogP) is 2.29. The maximum atomic E-state index is 12.5. The first kappa shape index (κ1) is 15.7. The summed E-state index contributed by atoms with van der Waals surface area (Å²) in [7, 11) is 0. The average molecular weight is 377 g/mol. The molecule has 1 aliphatic rings. The van der Waals surface area contributed by atoms with Crippen LogP contribution in [0.5, 0.6) is 0 Å². The van der Waals surface area contributed by atoms with Crippen molar-refractivity contribution in [2.75, 3.05) is 13.1 Å². The van der Waals surface area contributed by atoms with Gasteiger partial charge in [0.15, 0.2) is 0 Å². The van der Waals surface area contributed by atoms with Crippen LogP contribution >= 0.6 is 15.9 Å². The molecule has 1 aromatic heterocycles. The number of benzene rings is 1. The molecule has 0 radical (unpaired) electrons. The van der Waals surface area contributed by atoms with Gasteiger partial charge in [-0.25, -0.2) is 0 Å². The second-order valence-electron chi connectivity index (χ2n) is 5.65. The van der Waals surface area contributed by atoms with E-state index in [1.54, 1.807) is 6.07 Å². The van der Waals surface area contributed by atoms with E-state index in [1.165, 1.54) is 0 Å². The molecule has 0 aliphatic carbocycles. The van der Waals surface area contributed by atoms with E-state index in [0.717, 1.165) is 23.0 Å². The smallest absolute Gasteiger partial charge is 0.269 e. The molecule has 0 bridgehead atoms. The SMILES string of the molecule is NC(=O)c1cc(C2CCN(C(=O)c3cccc(Br)c3)CC2)[nH]n1. The van der Waals surface area contributed by atoms with Crippen LogP contribution in [0.15, 0.2) is 34.8 Å². The fourth-order valence-corrected chi connectivity index (χ4v) is 3.27. The summed E-state index contributed by atoms with van der Waals surface area (Å²) in [5, 5.41) is 6.80. The minimum atomic E-state index is -0.533. The fraction of sp³-hybridized carbons (Fsp3) is 0.312. The maximum absolute atomic E-state index is 12.5. The minimum Gasteiger partial charge on any atom is -0.364 e. The van der Waals surface area contributed by atoms with Crippen LogP contribution in [0.1, 0.15) is 45.3 Å². The van der Waals surface area contributed by atoms with Gasteiger partial charge in [-0.1, -0.05) is 22.0 Å². The van der Waals surface area contributed by atoms with E-state index in [4.69, 9.17) is 5.73 Å². The van der Waals surface area contributed by atoms with Crippen LogP contribution in [0.3, 0.4) is 0 Å². The molecule has 0 saturated carbocycles. The third-order valence-electron chi connectivity index (χ3n) is 4.14. The average Bonchev–Trinajstić information content (AvgIpc) is 3.04. The van der Waals surface area contributed by atoms with Gasteiger partial charge in [-0.05, 0) is 37.1 Å². The van der Waals surface area contributed by atoms with Crippen LogP contribution in [-0.4, -0.2) is 40.0 Å². The lowest BCUT2D eigenvalue weighted by Crippen LogP contribution is -2.38. The Balaban J connectivity index is 1.63. The molecule has 0 spiro atoms. The van der Waals surface area contributed by atoms with Crippen molar-refractivity contribution in [3.63, 3.8) is 0 Å². The van der Waals surface area contributed by atoms with Crippen molar-refractivity contribution in [1.82, 2.24) is 15.1 Å². The first-order chi connectivity index (χ1) is 11.0. The maximum Gasteiger partial charge on any atom is 0.269 e. The molecule has 2 amide bonds. The lowest BCUT2D eigenvalue weighted by molar-refractivity contribution is 0.0712. The summed E-state index contributed by atoms with van der Waals surface area (Å²) in [6, 6.07) is 9.13. The highest BCUT2D eigenvalue weighted by molar-refractivity contribution is 9.10. The highest BCUT2D eigenvalue weighted by atomic mass is 79.9. The number of aromatic nitrogens is 2. The van der Waals surface area contributed by atoms with E-state index in [1.807, 2.05) is 29.2 Å². The lowest BCUT2D eigenvalue weighted by Gasteiger charge is -2.31. The molecular formula is C16H17BrN4O2. The topological polar surface area (TPSA) is 92.1 Å². The Morgan fingerprint density at radius 1 is 1.26 bits per heavy atom. The Morgan fingerprint density at radius 3 is 2.61 bits per heavy atom. The van der Waals surface area contributed by atoms with Crippen LogP contribution in [0.25, 0.3) is 0 Å². The zero-order valence-corrected chi connectivity index (χ0v) is 14.0. The number of nitrogens with zero attached hydrogens (tertiary/aromatic N) is 2. The van der Waals surface area contributed by atoms with Gasteiger partial charge < -0.3 is 10.6 Å². The van der Waals surface area contributed by atoms with Crippen molar-refractivity contribution < 1.29 is 9.59 Å². The first-order valence-corrected chi connectivity index (χ1v) is 8.24. The number of H-pyrrole nitrogens is 1. The number of likely N-dealkylation sites (tertiary alicyclic amines) is 1. The number of hydrogen-bond acceptors (Lipinski definition) is 3. The zero-order chi connectivity index (χ0) is 16.4. The molecule has 6 nitrogen and oxygen atoms in total. The second kappa shape index (κ2) is 6.54. The number of hydrogen-bond donors (Lipinski definition) is 2. The van der Waals surface area contributed by atoms with E-state index in [0.29, 0.717) is 18.7 Å². The number of amides is 2. The lowest BCUT2D eigenvalue weighted by atomic mass is 9.93. The summed E-state index contributed by atoms with van der Waals surface area (Å²) in [5.41, 5.74) is 7.07. The van der Waals surface area contributed by atoms with E-state index in [2.05, 4.69) is 26.1 Å². The van der Waals surface area contributed by atoms with Crippen LogP contribution < -0.4 is 5.73 Å². The standard InChI is InChI=1S/C16H17BrN4O2/c17-12-3-1-2-11(8-12)16(23)21-6-4-10(5-7-21)13-9-14(15(18)22)20-19-13/h1-3,8-10H,4-7H2,(H2,18,22)(H,19,20). The van der Waals surface area contributed by atoms with Crippen molar-refractivity contribution in [2.24, 2.45) is 5.73 Å². The van der Waals surface area contributed by atoms with Gasteiger partial charge in [0.05, 0.1) is 0 Å². The van der Waals surface area contributed by atoms with Crippen molar-refractivity contribution >= 4 is 27.7 Å². The van der Waals surface area contributed by atoms with E-state index < -0.39 is 5.91 Å². The molecule has 3 rings (SSSR count). The van der Waals surface area contributed by atoms with Crippen molar-refractivity contribution in [2.45, 2.75) is 18.8 Å². The number of piperidine rings is 1. The van der Waals surface area contributed by atoms with Crippen LogP contribution in [0, 0.1) is 0 Å². The molecule has 3 N–H and O–H groups in total. The minimum absolute atomic E-state index is 0.0483. The van der Waals surface area contributed by atoms with Gasteiger partial charge in [-0.15, -0.1) is 0 Å². The molecule has 2 heterocycles. The van der Waals surface area contributed by atoms with Crippen LogP contribution in [0.2, 0.25) is 0 Å². The number of primary amides is 1. The molecule has 1 fully saturated rings. The molecule has 1 aliphatic heterocycles. The third-order valence-corrected chi connectivity index (χ3v) is 4.64. The molecule has 1 saturated heterocycles. The Bertz CT molecular complexity index is 735. The molecule has 0 unspecified atom stereocenters. The largest absolute Gasteiger partial charge is 0.364 e. The van der Waals surface area contributed by atoms with Gasteiger partial charge in [0.2, 0.25) is 0 Å². The van der Waals surface area contributed by atoms with E-state index in [9.17, 15) is 9.59 Å². The third kappa shape index (κ3) is 3.44. The summed E-state index contributed by atoms with van der Waals surface area (Å²) in [6.07, 6.45) is 1.67. The molecule has 1 aromatic carbocycles. The van der Waals surface area contributed by atoms with Gasteiger partial charge >= 0.3 is 0 Å². The zero-order valence-electron chi connectivity index (χ0n) is 12.5. The van der Waals surface area contributed by atoms with Gasteiger partial charge in [-0.3, -0.25) is 14.7 Å². The summed E-state index contributed by atoms with van der Waals surface area (Å²) in [6.45, 7) is 1.36. The van der Waals surface area contributed by atoms with Crippen LogP contribution in [0.4, 0.5) is 0 Å². The Kier molecular flexibility index (Phi) is 4.47. The van der Waals surface area contributed by atoms with Gasteiger partial charge in [0.25, 0.3) is 11.8 Å². The highest BCUT2D eigenvalue weighted by Gasteiger charge is 2.26. The monoisotopic (exact) mass is 376 g/mol. The number of carbonyl (C=O) groups excluding carboxylic acids is 2. The van der Waals surface area contributed by atoms with Crippen LogP contribution in [-0.2, 0) is 0 Å². The molecule has 2 aromatic rings. The van der Waals surface area contributed by atoms with Crippen molar-refractivity contribution in [1.29, 1.82) is 0 Å². The van der Waals surface area contributed by atoms with E-state index in [-0.39, 0.29) is 17.5 Å². The van der Waals surface area contributed by atoms with E-state index >= 15 is 0 Å². The number of halogens is 1. The van der Waals surface area contributed by atoms with Gasteiger partial charge in [-0.2, -0.15) is 5.10 Å².